The van der Waals surface area contributed by atoms with E-state index in [2.05, 4.69) is 10.3 Å². The first-order valence-corrected chi connectivity index (χ1v) is 9.69. The Labute approximate surface area is 176 Å². The zero-order valence-electron chi connectivity index (χ0n) is 16.1. The molecule has 0 unspecified atom stereocenters. The van der Waals surface area contributed by atoms with Crippen molar-refractivity contribution in [3.63, 3.8) is 0 Å². The average molecular weight is 420 g/mol. The minimum Gasteiger partial charge on any atom is -0.348 e. The van der Waals surface area contributed by atoms with Gasteiger partial charge in [0.1, 0.15) is 0 Å². The molecule has 0 aliphatic carbocycles. The zero-order valence-corrected chi connectivity index (χ0v) is 16.9. The van der Waals surface area contributed by atoms with Crippen molar-refractivity contribution < 1.29 is 4.79 Å². The number of amides is 1. The molecule has 7 heteroatoms. The molecule has 0 radical (unpaired) electrons. The molecular formula is C23H18ClN3O3. The molecule has 0 saturated heterocycles. The number of nitrogens with zero attached hydrogens (tertiary/aromatic N) is 1. The van der Waals surface area contributed by atoms with Crippen LogP contribution < -0.4 is 16.6 Å². The van der Waals surface area contributed by atoms with Gasteiger partial charge in [-0.3, -0.25) is 9.59 Å². The lowest BCUT2D eigenvalue weighted by Gasteiger charge is -2.09. The summed E-state index contributed by atoms with van der Waals surface area (Å²) in [5.41, 5.74) is 1.93. The highest BCUT2D eigenvalue weighted by Gasteiger charge is 2.13. The van der Waals surface area contributed by atoms with E-state index in [-0.39, 0.29) is 12.5 Å². The Balaban J connectivity index is 1.66. The summed E-state index contributed by atoms with van der Waals surface area (Å²) >= 11 is 6.11. The number of benzene rings is 3. The Morgan fingerprint density at radius 2 is 1.77 bits per heavy atom. The highest BCUT2D eigenvalue weighted by Crippen LogP contribution is 2.15. The largest absolute Gasteiger partial charge is 0.348 e. The number of carbonyl (C=O) groups is 1. The highest BCUT2D eigenvalue weighted by molar-refractivity contribution is 6.31. The molecule has 150 valence electrons. The average Bonchev–Trinajstić information content (AvgIpc) is 2.74. The van der Waals surface area contributed by atoms with Gasteiger partial charge in [-0.1, -0.05) is 47.5 Å². The fraction of sp³-hybridized carbons (Fsp3) is 0.0870. The second-order valence-electron chi connectivity index (χ2n) is 6.94. The van der Waals surface area contributed by atoms with Crippen molar-refractivity contribution in [2.24, 2.45) is 0 Å². The number of hydrogen-bond donors (Lipinski definition) is 2. The molecule has 0 fully saturated rings. The van der Waals surface area contributed by atoms with Gasteiger partial charge < -0.3 is 10.3 Å². The molecule has 0 saturated carbocycles. The first-order chi connectivity index (χ1) is 14.4. The summed E-state index contributed by atoms with van der Waals surface area (Å²) in [5.74, 6) is -0.333. The number of nitrogens with one attached hydrogen (secondary N) is 2. The predicted octanol–water partition coefficient (Wildman–Crippen LogP) is 3.57. The fourth-order valence-corrected chi connectivity index (χ4v) is 3.41. The van der Waals surface area contributed by atoms with Crippen molar-refractivity contribution in [2.75, 3.05) is 0 Å². The summed E-state index contributed by atoms with van der Waals surface area (Å²) in [5, 5.41) is 3.68. The second-order valence-corrected chi connectivity index (χ2v) is 7.35. The van der Waals surface area contributed by atoms with Crippen molar-refractivity contribution in [1.82, 2.24) is 14.9 Å². The smallest absolute Gasteiger partial charge is 0.333 e. The minimum atomic E-state index is -0.565. The number of fused-ring (bicyclic) bond motifs is 1. The third-order valence-electron chi connectivity index (χ3n) is 4.85. The van der Waals surface area contributed by atoms with E-state index in [1.54, 1.807) is 30.3 Å². The van der Waals surface area contributed by atoms with E-state index in [1.807, 2.05) is 37.3 Å². The van der Waals surface area contributed by atoms with Crippen LogP contribution in [0.1, 0.15) is 21.5 Å². The summed E-state index contributed by atoms with van der Waals surface area (Å²) in [6, 6.07) is 18.9. The summed E-state index contributed by atoms with van der Waals surface area (Å²) in [4.78, 5) is 40.7. The van der Waals surface area contributed by atoms with Crippen LogP contribution in [0.2, 0.25) is 5.02 Å². The Bertz CT molecular complexity index is 1370. The first-order valence-electron chi connectivity index (χ1n) is 9.32. The molecule has 0 aliphatic rings. The van der Waals surface area contributed by atoms with Gasteiger partial charge in [-0.2, -0.15) is 0 Å². The number of aromatic nitrogens is 2. The minimum absolute atomic E-state index is 0.266. The number of aryl methyl sites for hydroxylation is 1. The van der Waals surface area contributed by atoms with Crippen molar-refractivity contribution in [2.45, 2.75) is 13.5 Å². The van der Waals surface area contributed by atoms with Gasteiger partial charge in [-0.05, 0) is 48.9 Å². The van der Waals surface area contributed by atoms with Crippen molar-refractivity contribution in [3.05, 3.63) is 109 Å². The quantitative estimate of drug-likeness (QED) is 0.530. The SMILES string of the molecule is Cc1ccc(-n2c(=O)[nH]c3cc(C(=O)NCc4ccccc4Cl)ccc3c2=O)cc1. The molecule has 30 heavy (non-hydrogen) atoms. The highest BCUT2D eigenvalue weighted by atomic mass is 35.5. The Hall–Kier alpha value is -3.64. The third kappa shape index (κ3) is 3.77. The topological polar surface area (TPSA) is 84.0 Å². The summed E-state index contributed by atoms with van der Waals surface area (Å²) in [6.07, 6.45) is 0. The number of H-pyrrole nitrogens is 1. The standard InChI is InChI=1S/C23H18ClN3O3/c1-14-6-9-17(10-7-14)27-22(29)18-11-8-15(12-20(18)26-23(27)30)21(28)25-13-16-4-2-3-5-19(16)24/h2-12H,13H2,1H3,(H,25,28)(H,26,30). The molecule has 0 bridgehead atoms. The van der Waals surface area contributed by atoms with Crippen LogP contribution in [0, 0.1) is 6.92 Å². The molecule has 2 N–H and O–H groups in total. The summed E-state index contributed by atoms with van der Waals surface area (Å²) < 4.78 is 1.08. The van der Waals surface area contributed by atoms with Gasteiger partial charge in [0.05, 0.1) is 16.6 Å². The lowest BCUT2D eigenvalue weighted by Crippen LogP contribution is -2.33. The number of carbonyl (C=O) groups excluding carboxylic acids is 1. The predicted molar refractivity (Wildman–Crippen MR) is 118 cm³/mol. The van der Waals surface area contributed by atoms with E-state index in [0.717, 1.165) is 15.7 Å². The maximum absolute atomic E-state index is 12.9. The van der Waals surface area contributed by atoms with Crippen LogP contribution in [0.5, 0.6) is 0 Å². The van der Waals surface area contributed by atoms with E-state index in [4.69, 9.17) is 11.6 Å². The van der Waals surface area contributed by atoms with Gasteiger partial charge in [-0.25, -0.2) is 9.36 Å². The normalized spacial score (nSPS) is 10.9. The molecular weight excluding hydrogens is 402 g/mol. The van der Waals surface area contributed by atoms with Crippen molar-refractivity contribution in [1.29, 1.82) is 0 Å². The maximum atomic E-state index is 12.9. The van der Waals surface area contributed by atoms with Crippen molar-refractivity contribution in [3.8, 4) is 5.69 Å². The Kier molecular flexibility index (Phi) is 5.25. The van der Waals surface area contributed by atoms with Crippen LogP contribution in [-0.4, -0.2) is 15.5 Å². The van der Waals surface area contributed by atoms with E-state index in [9.17, 15) is 14.4 Å². The lowest BCUT2D eigenvalue weighted by atomic mass is 10.1. The molecule has 0 spiro atoms. The van der Waals surface area contributed by atoms with Crippen LogP contribution in [0.4, 0.5) is 0 Å². The zero-order chi connectivity index (χ0) is 21.3. The number of aromatic amines is 1. The van der Waals surface area contributed by atoms with E-state index in [1.165, 1.54) is 6.07 Å². The van der Waals surface area contributed by atoms with Crippen molar-refractivity contribution >= 4 is 28.4 Å². The van der Waals surface area contributed by atoms with Gasteiger partial charge >= 0.3 is 5.69 Å². The van der Waals surface area contributed by atoms with Gasteiger partial charge in [0.25, 0.3) is 11.5 Å². The Morgan fingerprint density at radius 1 is 1.03 bits per heavy atom. The molecule has 0 atom stereocenters. The van der Waals surface area contributed by atoms with Crippen LogP contribution in [-0.2, 0) is 6.54 Å². The van der Waals surface area contributed by atoms with Crippen LogP contribution >= 0.6 is 11.6 Å². The molecule has 0 aliphatic heterocycles. The number of hydrogen-bond acceptors (Lipinski definition) is 3. The molecule has 6 nitrogen and oxygen atoms in total. The monoisotopic (exact) mass is 419 g/mol. The fourth-order valence-electron chi connectivity index (χ4n) is 3.21. The molecule has 1 aromatic heterocycles. The van der Waals surface area contributed by atoms with E-state index < -0.39 is 11.2 Å². The van der Waals surface area contributed by atoms with Crippen LogP contribution in [0.3, 0.4) is 0 Å². The molecule has 4 rings (SSSR count). The van der Waals surface area contributed by atoms with Gasteiger partial charge in [-0.15, -0.1) is 0 Å². The molecule has 4 aromatic rings. The molecule has 3 aromatic carbocycles. The maximum Gasteiger partial charge on any atom is 0.333 e. The van der Waals surface area contributed by atoms with Gasteiger partial charge in [0.15, 0.2) is 0 Å². The van der Waals surface area contributed by atoms with Crippen LogP contribution in [0.25, 0.3) is 16.6 Å². The number of rotatable bonds is 4. The Morgan fingerprint density at radius 3 is 2.50 bits per heavy atom. The molecule has 1 heterocycles. The first kappa shape index (κ1) is 19.7. The second kappa shape index (κ2) is 8.00. The van der Waals surface area contributed by atoms with Gasteiger partial charge in [0, 0.05) is 17.1 Å². The summed E-state index contributed by atoms with van der Waals surface area (Å²) in [7, 11) is 0. The lowest BCUT2D eigenvalue weighted by molar-refractivity contribution is 0.0951. The van der Waals surface area contributed by atoms with Crippen LogP contribution in [0.15, 0.2) is 76.3 Å². The number of halogens is 1. The van der Waals surface area contributed by atoms with E-state index >= 15 is 0 Å². The van der Waals surface area contributed by atoms with E-state index in [0.29, 0.717) is 27.2 Å². The van der Waals surface area contributed by atoms with Gasteiger partial charge in [0.2, 0.25) is 0 Å². The molecule has 1 amide bonds. The summed E-state index contributed by atoms with van der Waals surface area (Å²) in [6.45, 7) is 2.19. The third-order valence-corrected chi connectivity index (χ3v) is 5.22.